The molecule has 0 saturated carbocycles. The second kappa shape index (κ2) is 5.21. The summed E-state index contributed by atoms with van der Waals surface area (Å²) in [7, 11) is 2.12. The maximum atomic E-state index is 4.16. The molecule has 1 saturated heterocycles. The number of aryl methyl sites for hydroxylation is 2. The molecule has 0 unspecified atom stereocenters. The SMILES string of the molecule is Cc1cn[nH]c1[C@@H]1CCCN(Cc2cccn2C)C1. The lowest BCUT2D eigenvalue weighted by Gasteiger charge is -2.32. The van der Waals surface area contributed by atoms with Gasteiger partial charge in [-0.05, 0) is 44.0 Å². The zero-order valence-corrected chi connectivity index (χ0v) is 11.8. The summed E-state index contributed by atoms with van der Waals surface area (Å²) in [6.45, 7) is 5.53. The largest absolute Gasteiger partial charge is 0.353 e. The minimum absolute atomic E-state index is 0.608. The van der Waals surface area contributed by atoms with E-state index in [1.165, 1.54) is 36.3 Å². The number of hydrogen-bond acceptors (Lipinski definition) is 2. The summed E-state index contributed by atoms with van der Waals surface area (Å²) in [4.78, 5) is 2.56. The van der Waals surface area contributed by atoms with Gasteiger partial charge in [-0.25, -0.2) is 0 Å². The second-order valence-corrected chi connectivity index (χ2v) is 5.65. The van der Waals surface area contributed by atoms with Crippen molar-refractivity contribution in [1.29, 1.82) is 0 Å². The molecule has 19 heavy (non-hydrogen) atoms. The van der Waals surface area contributed by atoms with E-state index in [0.717, 1.165) is 13.1 Å². The van der Waals surface area contributed by atoms with Crippen molar-refractivity contribution < 1.29 is 0 Å². The minimum atomic E-state index is 0.608. The number of likely N-dealkylation sites (tertiary alicyclic amines) is 1. The lowest BCUT2D eigenvalue weighted by atomic mass is 9.93. The quantitative estimate of drug-likeness (QED) is 0.918. The number of piperidine rings is 1. The first-order chi connectivity index (χ1) is 9.24. The van der Waals surface area contributed by atoms with Gasteiger partial charge < -0.3 is 4.57 Å². The number of nitrogens with one attached hydrogen (secondary N) is 1. The van der Waals surface area contributed by atoms with Gasteiger partial charge in [-0.15, -0.1) is 0 Å². The van der Waals surface area contributed by atoms with Crippen LogP contribution in [0.25, 0.3) is 0 Å². The number of rotatable bonds is 3. The highest BCUT2D eigenvalue weighted by Gasteiger charge is 2.23. The van der Waals surface area contributed by atoms with E-state index in [2.05, 4.69) is 52.0 Å². The van der Waals surface area contributed by atoms with E-state index in [1.807, 2.05) is 6.20 Å². The molecule has 0 radical (unpaired) electrons. The summed E-state index contributed by atoms with van der Waals surface area (Å²) in [5.74, 6) is 0.608. The fourth-order valence-electron chi connectivity index (χ4n) is 3.09. The lowest BCUT2D eigenvalue weighted by Crippen LogP contribution is -2.34. The Balaban J connectivity index is 1.68. The Morgan fingerprint density at radius 1 is 1.47 bits per heavy atom. The van der Waals surface area contributed by atoms with Crippen molar-refractivity contribution in [3.05, 3.63) is 41.5 Å². The standard InChI is InChI=1S/C15H22N4/c1-12-9-16-17-15(12)13-5-3-8-19(10-13)11-14-6-4-7-18(14)2/h4,6-7,9,13H,3,5,8,10-11H2,1-2H3,(H,16,17)/t13-/m1/s1. The van der Waals surface area contributed by atoms with Crippen LogP contribution in [0, 0.1) is 6.92 Å². The number of aromatic amines is 1. The fourth-order valence-corrected chi connectivity index (χ4v) is 3.09. The summed E-state index contributed by atoms with van der Waals surface area (Å²) in [5, 5.41) is 7.35. The lowest BCUT2D eigenvalue weighted by molar-refractivity contribution is 0.194. The molecule has 0 amide bonds. The third-order valence-corrected chi connectivity index (χ3v) is 4.22. The van der Waals surface area contributed by atoms with Gasteiger partial charge in [-0.1, -0.05) is 0 Å². The second-order valence-electron chi connectivity index (χ2n) is 5.65. The van der Waals surface area contributed by atoms with E-state index in [0.29, 0.717) is 5.92 Å². The average Bonchev–Trinajstić information content (AvgIpc) is 3.00. The van der Waals surface area contributed by atoms with Gasteiger partial charge in [0.25, 0.3) is 0 Å². The first-order valence-electron chi connectivity index (χ1n) is 7.06. The van der Waals surface area contributed by atoms with E-state index in [1.54, 1.807) is 0 Å². The third-order valence-electron chi connectivity index (χ3n) is 4.22. The molecule has 3 rings (SSSR count). The van der Waals surface area contributed by atoms with Crippen molar-refractivity contribution in [2.75, 3.05) is 13.1 Å². The van der Waals surface area contributed by atoms with Crippen LogP contribution >= 0.6 is 0 Å². The maximum Gasteiger partial charge on any atom is 0.0519 e. The zero-order chi connectivity index (χ0) is 13.2. The third kappa shape index (κ3) is 2.59. The van der Waals surface area contributed by atoms with Gasteiger partial charge in [-0.3, -0.25) is 10.00 Å². The van der Waals surface area contributed by atoms with E-state index < -0.39 is 0 Å². The normalized spacial score (nSPS) is 20.8. The number of hydrogen-bond donors (Lipinski definition) is 1. The number of aromatic nitrogens is 3. The van der Waals surface area contributed by atoms with Crippen LogP contribution in [-0.2, 0) is 13.6 Å². The van der Waals surface area contributed by atoms with Gasteiger partial charge in [0.15, 0.2) is 0 Å². The highest BCUT2D eigenvalue weighted by atomic mass is 15.2. The van der Waals surface area contributed by atoms with Crippen molar-refractivity contribution in [1.82, 2.24) is 19.7 Å². The first-order valence-corrected chi connectivity index (χ1v) is 7.06. The molecule has 1 fully saturated rings. The van der Waals surface area contributed by atoms with Crippen molar-refractivity contribution in [3.63, 3.8) is 0 Å². The molecule has 1 aliphatic rings. The highest BCUT2D eigenvalue weighted by Crippen LogP contribution is 2.28. The van der Waals surface area contributed by atoms with Crippen LogP contribution in [0.3, 0.4) is 0 Å². The Kier molecular flexibility index (Phi) is 3.42. The smallest absolute Gasteiger partial charge is 0.0519 e. The molecule has 2 aromatic rings. The maximum absolute atomic E-state index is 4.16. The van der Waals surface area contributed by atoms with E-state index in [9.17, 15) is 0 Å². The van der Waals surface area contributed by atoms with E-state index in [-0.39, 0.29) is 0 Å². The Hall–Kier alpha value is -1.55. The summed E-state index contributed by atoms with van der Waals surface area (Å²) in [6, 6.07) is 4.33. The summed E-state index contributed by atoms with van der Waals surface area (Å²) < 4.78 is 2.21. The van der Waals surface area contributed by atoms with Crippen LogP contribution in [-0.4, -0.2) is 32.8 Å². The first kappa shape index (κ1) is 12.5. The van der Waals surface area contributed by atoms with E-state index >= 15 is 0 Å². The van der Waals surface area contributed by atoms with Gasteiger partial charge in [0, 0.05) is 43.6 Å². The Labute approximate surface area is 114 Å². The zero-order valence-electron chi connectivity index (χ0n) is 11.8. The molecule has 0 aliphatic carbocycles. The van der Waals surface area contributed by atoms with Gasteiger partial charge in [0.05, 0.1) is 6.20 Å². The Bertz CT molecular complexity index is 540. The van der Waals surface area contributed by atoms with Gasteiger partial charge >= 0.3 is 0 Å². The van der Waals surface area contributed by atoms with Crippen molar-refractivity contribution >= 4 is 0 Å². The van der Waals surface area contributed by atoms with Crippen LogP contribution < -0.4 is 0 Å². The molecule has 0 aromatic carbocycles. The summed E-state index contributed by atoms with van der Waals surface area (Å²) in [5.41, 5.74) is 4.02. The van der Waals surface area contributed by atoms with Crippen LogP contribution in [0.1, 0.15) is 35.7 Å². The van der Waals surface area contributed by atoms with Crippen molar-refractivity contribution in [3.8, 4) is 0 Å². The van der Waals surface area contributed by atoms with Gasteiger partial charge in [0.2, 0.25) is 0 Å². The van der Waals surface area contributed by atoms with Crippen molar-refractivity contribution in [2.24, 2.45) is 7.05 Å². The highest BCUT2D eigenvalue weighted by molar-refractivity contribution is 5.19. The van der Waals surface area contributed by atoms with Crippen LogP contribution in [0.15, 0.2) is 24.5 Å². The molecule has 2 aromatic heterocycles. The monoisotopic (exact) mass is 258 g/mol. The Morgan fingerprint density at radius 2 is 2.37 bits per heavy atom. The topological polar surface area (TPSA) is 36.9 Å². The van der Waals surface area contributed by atoms with E-state index in [4.69, 9.17) is 0 Å². The van der Waals surface area contributed by atoms with Crippen molar-refractivity contribution in [2.45, 2.75) is 32.2 Å². The van der Waals surface area contributed by atoms with Gasteiger partial charge in [-0.2, -0.15) is 5.10 Å². The summed E-state index contributed by atoms with van der Waals surface area (Å²) >= 11 is 0. The minimum Gasteiger partial charge on any atom is -0.353 e. The predicted molar refractivity (Wildman–Crippen MR) is 76.0 cm³/mol. The summed E-state index contributed by atoms with van der Waals surface area (Å²) in [6.07, 6.45) is 6.60. The molecule has 102 valence electrons. The number of nitrogens with zero attached hydrogens (tertiary/aromatic N) is 3. The molecule has 1 atom stereocenters. The average molecular weight is 258 g/mol. The molecular formula is C15H22N4. The molecule has 0 spiro atoms. The van der Waals surface area contributed by atoms with Gasteiger partial charge in [0.1, 0.15) is 0 Å². The molecule has 4 heteroatoms. The Morgan fingerprint density at radius 3 is 3.05 bits per heavy atom. The molecule has 1 aliphatic heterocycles. The molecule has 3 heterocycles. The molecule has 1 N–H and O–H groups in total. The number of H-pyrrole nitrogens is 1. The predicted octanol–water partition coefficient (Wildman–Crippen LogP) is 2.44. The molecule has 4 nitrogen and oxygen atoms in total. The van der Waals surface area contributed by atoms with Crippen LogP contribution in [0.2, 0.25) is 0 Å². The fraction of sp³-hybridized carbons (Fsp3) is 0.533. The van der Waals surface area contributed by atoms with Crippen LogP contribution in [0.5, 0.6) is 0 Å². The molecule has 0 bridgehead atoms. The molecular weight excluding hydrogens is 236 g/mol. The van der Waals surface area contributed by atoms with Crippen LogP contribution in [0.4, 0.5) is 0 Å².